The first-order valence-corrected chi connectivity index (χ1v) is 5.37. The van der Waals surface area contributed by atoms with Crippen molar-refractivity contribution in [2.24, 2.45) is 0 Å². The predicted octanol–water partition coefficient (Wildman–Crippen LogP) is 0.668. The van der Waals surface area contributed by atoms with Crippen LogP contribution >= 0.6 is 0 Å². The van der Waals surface area contributed by atoms with E-state index in [-0.39, 0.29) is 12.2 Å². The Kier molecular flexibility index (Phi) is 3.19. The van der Waals surface area contributed by atoms with Crippen molar-refractivity contribution in [3.05, 3.63) is 0 Å². The molecule has 0 aromatic rings. The number of ether oxygens (including phenoxy) is 1. The monoisotopic (exact) mass is 185 g/mol. The summed E-state index contributed by atoms with van der Waals surface area (Å²) in [5.74, 6) is 0. The van der Waals surface area contributed by atoms with E-state index in [1.165, 1.54) is 19.3 Å². The average molecular weight is 185 g/mol. The molecule has 2 unspecified atom stereocenters. The van der Waals surface area contributed by atoms with Gasteiger partial charge in [-0.2, -0.15) is 0 Å². The highest BCUT2D eigenvalue weighted by molar-refractivity contribution is 4.79. The van der Waals surface area contributed by atoms with Gasteiger partial charge in [-0.05, 0) is 19.3 Å². The minimum absolute atomic E-state index is 0.137. The highest BCUT2D eigenvalue weighted by atomic mass is 16.5. The SMILES string of the molecule is OC1CCOC(CNC2CCC2)C1. The average Bonchev–Trinajstić information content (AvgIpc) is 2.01. The van der Waals surface area contributed by atoms with Crippen molar-refractivity contribution in [2.45, 2.75) is 50.4 Å². The molecule has 76 valence electrons. The van der Waals surface area contributed by atoms with E-state index >= 15 is 0 Å². The van der Waals surface area contributed by atoms with Crippen LogP contribution in [0.2, 0.25) is 0 Å². The fraction of sp³-hybridized carbons (Fsp3) is 1.00. The third kappa shape index (κ3) is 2.66. The molecule has 0 aromatic heterocycles. The smallest absolute Gasteiger partial charge is 0.0724 e. The van der Waals surface area contributed by atoms with Crippen LogP contribution in [-0.4, -0.2) is 36.5 Å². The number of aliphatic hydroxyl groups is 1. The Morgan fingerprint density at radius 3 is 2.77 bits per heavy atom. The molecule has 0 bridgehead atoms. The molecule has 1 saturated carbocycles. The van der Waals surface area contributed by atoms with E-state index in [2.05, 4.69) is 5.32 Å². The van der Waals surface area contributed by atoms with E-state index in [1.54, 1.807) is 0 Å². The molecule has 2 fully saturated rings. The lowest BCUT2D eigenvalue weighted by molar-refractivity contribution is -0.0435. The van der Waals surface area contributed by atoms with Crippen molar-refractivity contribution in [3.8, 4) is 0 Å². The minimum atomic E-state index is -0.137. The molecule has 0 aromatic carbocycles. The van der Waals surface area contributed by atoms with Crippen LogP contribution in [0.15, 0.2) is 0 Å². The molecular formula is C10H19NO2. The summed E-state index contributed by atoms with van der Waals surface area (Å²) >= 11 is 0. The van der Waals surface area contributed by atoms with E-state index in [0.717, 1.165) is 32.0 Å². The zero-order valence-corrected chi connectivity index (χ0v) is 8.04. The fourth-order valence-electron chi connectivity index (χ4n) is 1.91. The highest BCUT2D eigenvalue weighted by Gasteiger charge is 2.23. The van der Waals surface area contributed by atoms with Crippen molar-refractivity contribution in [2.75, 3.05) is 13.2 Å². The van der Waals surface area contributed by atoms with E-state index in [0.29, 0.717) is 0 Å². The Morgan fingerprint density at radius 2 is 2.15 bits per heavy atom. The number of rotatable bonds is 3. The van der Waals surface area contributed by atoms with E-state index in [4.69, 9.17) is 4.74 Å². The van der Waals surface area contributed by atoms with E-state index in [9.17, 15) is 5.11 Å². The second kappa shape index (κ2) is 4.40. The molecule has 1 aliphatic carbocycles. The summed E-state index contributed by atoms with van der Waals surface area (Å²) in [5.41, 5.74) is 0. The first-order chi connectivity index (χ1) is 6.34. The highest BCUT2D eigenvalue weighted by Crippen LogP contribution is 2.19. The molecule has 2 aliphatic rings. The van der Waals surface area contributed by atoms with Crippen LogP contribution in [-0.2, 0) is 4.74 Å². The van der Waals surface area contributed by atoms with Gasteiger partial charge in [-0.1, -0.05) is 6.42 Å². The van der Waals surface area contributed by atoms with Crippen LogP contribution in [0, 0.1) is 0 Å². The second-order valence-corrected chi connectivity index (χ2v) is 4.21. The first-order valence-electron chi connectivity index (χ1n) is 5.37. The lowest BCUT2D eigenvalue weighted by Gasteiger charge is -2.31. The summed E-state index contributed by atoms with van der Waals surface area (Å²) in [6, 6.07) is 0.725. The predicted molar refractivity (Wildman–Crippen MR) is 50.6 cm³/mol. The van der Waals surface area contributed by atoms with Gasteiger partial charge in [0.25, 0.3) is 0 Å². The van der Waals surface area contributed by atoms with Crippen molar-refractivity contribution >= 4 is 0 Å². The molecule has 3 nitrogen and oxygen atoms in total. The molecule has 3 heteroatoms. The number of nitrogens with one attached hydrogen (secondary N) is 1. The van der Waals surface area contributed by atoms with Gasteiger partial charge in [0.05, 0.1) is 12.2 Å². The molecule has 2 rings (SSSR count). The Morgan fingerprint density at radius 1 is 1.31 bits per heavy atom. The summed E-state index contributed by atoms with van der Waals surface area (Å²) in [4.78, 5) is 0. The molecule has 1 aliphatic heterocycles. The first kappa shape index (κ1) is 9.44. The zero-order valence-electron chi connectivity index (χ0n) is 8.04. The maximum Gasteiger partial charge on any atom is 0.0724 e. The summed E-state index contributed by atoms with van der Waals surface area (Å²) in [5, 5.41) is 12.9. The van der Waals surface area contributed by atoms with E-state index < -0.39 is 0 Å². The number of hydrogen-bond acceptors (Lipinski definition) is 3. The summed E-state index contributed by atoms with van der Waals surface area (Å²) in [6.45, 7) is 1.64. The normalized spacial score (nSPS) is 35.8. The van der Waals surface area contributed by atoms with Gasteiger partial charge in [0.1, 0.15) is 0 Å². The standard InChI is InChI=1S/C10H19NO2/c12-9-4-5-13-10(6-9)7-11-8-2-1-3-8/h8-12H,1-7H2. The van der Waals surface area contributed by atoms with Gasteiger partial charge in [0.2, 0.25) is 0 Å². The largest absolute Gasteiger partial charge is 0.393 e. The maximum atomic E-state index is 9.41. The second-order valence-electron chi connectivity index (χ2n) is 4.21. The third-order valence-corrected chi connectivity index (χ3v) is 3.08. The molecule has 13 heavy (non-hydrogen) atoms. The lowest BCUT2D eigenvalue weighted by atomic mass is 9.93. The van der Waals surface area contributed by atoms with E-state index in [1.807, 2.05) is 0 Å². The third-order valence-electron chi connectivity index (χ3n) is 3.08. The van der Waals surface area contributed by atoms with Gasteiger partial charge in [0.15, 0.2) is 0 Å². The molecule has 2 atom stereocenters. The molecule has 0 radical (unpaired) electrons. The molecule has 1 saturated heterocycles. The minimum Gasteiger partial charge on any atom is -0.393 e. The van der Waals surface area contributed by atoms with Crippen molar-refractivity contribution in [1.29, 1.82) is 0 Å². The van der Waals surface area contributed by atoms with Gasteiger partial charge < -0.3 is 15.2 Å². The number of hydrogen-bond donors (Lipinski definition) is 2. The maximum absolute atomic E-state index is 9.41. The van der Waals surface area contributed by atoms with Crippen molar-refractivity contribution in [1.82, 2.24) is 5.32 Å². The molecule has 1 heterocycles. The summed E-state index contributed by atoms with van der Waals surface area (Å²) in [6.07, 6.45) is 5.71. The zero-order chi connectivity index (χ0) is 9.10. The van der Waals surface area contributed by atoms with Crippen molar-refractivity contribution in [3.63, 3.8) is 0 Å². The fourth-order valence-corrected chi connectivity index (χ4v) is 1.91. The van der Waals surface area contributed by atoms with Crippen LogP contribution in [0.1, 0.15) is 32.1 Å². The van der Waals surface area contributed by atoms with Gasteiger partial charge in [-0.3, -0.25) is 0 Å². The topological polar surface area (TPSA) is 41.5 Å². The Hall–Kier alpha value is -0.120. The Bertz CT molecular complexity index is 159. The van der Waals surface area contributed by atoms with Gasteiger partial charge >= 0.3 is 0 Å². The van der Waals surface area contributed by atoms with Crippen LogP contribution in [0.25, 0.3) is 0 Å². The van der Waals surface area contributed by atoms with Crippen molar-refractivity contribution < 1.29 is 9.84 Å². The van der Waals surface area contributed by atoms with Gasteiger partial charge in [-0.25, -0.2) is 0 Å². The Labute approximate surface area is 79.5 Å². The van der Waals surface area contributed by atoms with Gasteiger partial charge in [-0.15, -0.1) is 0 Å². The molecule has 2 N–H and O–H groups in total. The molecular weight excluding hydrogens is 166 g/mol. The van der Waals surface area contributed by atoms with Crippen LogP contribution in [0.3, 0.4) is 0 Å². The Balaban J connectivity index is 1.62. The van der Waals surface area contributed by atoms with Crippen LogP contribution < -0.4 is 5.32 Å². The summed E-state index contributed by atoms with van der Waals surface area (Å²) < 4.78 is 5.54. The summed E-state index contributed by atoms with van der Waals surface area (Å²) in [7, 11) is 0. The van der Waals surface area contributed by atoms with Crippen LogP contribution in [0.5, 0.6) is 0 Å². The molecule has 0 amide bonds. The quantitative estimate of drug-likeness (QED) is 0.679. The van der Waals surface area contributed by atoms with Gasteiger partial charge in [0, 0.05) is 25.6 Å². The number of aliphatic hydroxyl groups excluding tert-OH is 1. The lowest BCUT2D eigenvalue weighted by Crippen LogP contribution is -2.43. The molecule has 0 spiro atoms. The van der Waals surface area contributed by atoms with Crippen LogP contribution in [0.4, 0.5) is 0 Å².